The molecule has 1 aromatic rings. The fraction of sp³-hybridized carbons (Fsp3) is 0.500. The summed E-state index contributed by atoms with van der Waals surface area (Å²) in [7, 11) is 1.60. The number of hydrogen-bond acceptors (Lipinski definition) is 2. The second-order valence-electron chi connectivity index (χ2n) is 4.47. The van der Waals surface area contributed by atoms with E-state index in [1.165, 1.54) is 6.42 Å². The van der Waals surface area contributed by atoms with Gasteiger partial charge in [0, 0.05) is 17.9 Å². The smallest absolute Gasteiger partial charge is 0.257 e. The van der Waals surface area contributed by atoms with Gasteiger partial charge in [-0.1, -0.05) is 28.1 Å². The average Bonchev–Trinajstić information content (AvgIpc) is 2.35. The Hall–Kier alpha value is -1.03. The number of benzene rings is 1. The maximum atomic E-state index is 12.6. The molecule has 0 aromatic heterocycles. The molecule has 4 heteroatoms. The summed E-state index contributed by atoms with van der Waals surface area (Å²) in [4.78, 5) is 14.5. The van der Waals surface area contributed by atoms with E-state index in [1.54, 1.807) is 7.11 Å². The number of para-hydroxylation sites is 1. The van der Waals surface area contributed by atoms with Crippen molar-refractivity contribution >= 4 is 21.8 Å². The molecule has 18 heavy (non-hydrogen) atoms. The SMILES string of the molecule is COc1ccccc1C(=O)N(CCBr)C1CCC1. The molecule has 1 amide bonds. The van der Waals surface area contributed by atoms with Gasteiger partial charge in [-0.05, 0) is 31.4 Å². The molecule has 0 spiro atoms. The second kappa shape index (κ2) is 6.23. The summed E-state index contributed by atoms with van der Waals surface area (Å²) in [5.41, 5.74) is 0.660. The Kier molecular flexibility index (Phi) is 4.64. The number of nitrogens with zero attached hydrogens (tertiary/aromatic N) is 1. The van der Waals surface area contributed by atoms with Crippen LogP contribution < -0.4 is 4.74 Å². The van der Waals surface area contributed by atoms with Crippen LogP contribution in [0.2, 0.25) is 0 Å². The molecule has 1 aliphatic rings. The van der Waals surface area contributed by atoms with Crippen molar-refractivity contribution in [3.63, 3.8) is 0 Å². The van der Waals surface area contributed by atoms with Crippen molar-refractivity contribution in [3.8, 4) is 5.75 Å². The molecular weight excluding hydrogens is 294 g/mol. The zero-order valence-electron chi connectivity index (χ0n) is 10.6. The van der Waals surface area contributed by atoms with Gasteiger partial charge >= 0.3 is 0 Å². The highest BCUT2D eigenvalue weighted by atomic mass is 79.9. The van der Waals surface area contributed by atoms with E-state index in [0.29, 0.717) is 17.4 Å². The fourth-order valence-corrected chi connectivity index (χ4v) is 2.60. The van der Waals surface area contributed by atoms with E-state index >= 15 is 0 Å². The third kappa shape index (κ3) is 2.69. The molecule has 0 atom stereocenters. The lowest BCUT2D eigenvalue weighted by molar-refractivity contribution is 0.0596. The molecule has 0 saturated heterocycles. The number of ether oxygens (including phenoxy) is 1. The highest BCUT2D eigenvalue weighted by Crippen LogP contribution is 2.28. The molecule has 1 saturated carbocycles. The first-order valence-electron chi connectivity index (χ1n) is 6.28. The van der Waals surface area contributed by atoms with Crippen molar-refractivity contribution in [1.82, 2.24) is 4.90 Å². The maximum absolute atomic E-state index is 12.6. The van der Waals surface area contributed by atoms with Crippen molar-refractivity contribution in [2.75, 3.05) is 19.0 Å². The topological polar surface area (TPSA) is 29.5 Å². The van der Waals surface area contributed by atoms with Crippen LogP contribution in [0.3, 0.4) is 0 Å². The highest BCUT2D eigenvalue weighted by molar-refractivity contribution is 9.09. The molecular formula is C14H18BrNO2. The van der Waals surface area contributed by atoms with Crippen molar-refractivity contribution < 1.29 is 9.53 Å². The molecule has 0 aliphatic heterocycles. The van der Waals surface area contributed by atoms with Gasteiger partial charge < -0.3 is 9.64 Å². The lowest BCUT2D eigenvalue weighted by Crippen LogP contribution is -2.45. The molecule has 0 heterocycles. The van der Waals surface area contributed by atoms with Gasteiger partial charge in [-0.15, -0.1) is 0 Å². The molecule has 2 rings (SSSR count). The first-order chi connectivity index (χ1) is 8.77. The summed E-state index contributed by atoms with van der Waals surface area (Å²) in [5.74, 6) is 0.734. The Labute approximate surface area is 116 Å². The normalized spacial score (nSPS) is 15.0. The standard InChI is InChI=1S/C14H18BrNO2/c1-18-13-8-3-2-7-12(13)14(17)16(10-9-15)11-5-4-6-11/h2-3,7-8,11H,4-6,9-10H2,1H3. The third-order valence-electron chi connectivity index (χ3n) is 3.44. The number of hydrogen-bond donors (Lipinski definition) is 0. The number of halogens is 1. The quantitative estimate of drug-likeness (QED) is 0.782. The summed E-state index contributed by atoms with van der Waals surface area (Å²) in [6.07, 6.45) is 3.46. The van der Waals surface area contributed by atoms with E-state index in [9.17, 15) is 4.79 Å². The van der Waals surface area contributed by atoms with Crippen LogP contribution in [0.4, 0.5) is 0 Å². The van der Waals surface area contributed by atoms with Crippen LogP contribution in [0.15, 0.2) is 24.3 Å². The number of methoxy groups -OCH3 is 1. The molecule has 3 nitrogen and oxygen atoms in total. The van der Waals surface area contributed by atoms with Crippen LogP contribution in [0.5, 0.6) is 5.75 Å². The average molecular weight is 312 g/mol. The molecule has 0 bridgehead atoms. The summed E-state index contributed by atoms with van der Waals surface area (Å²) >= 11 is 3.42. The van der Waals surface area contributed by atoms with Crippen molar-refractivity contribution in [3.05, 3.63) is 29.8 Å². The third-order valence-corrected chi connectivity index (χ3v) is 3.79. The first kappa shape index (κ1) is 13.4. The Bertz CT molecular complexity index is 418. The van der Waals surface area contributed by atoms with Gasteiger partial charge in [0.05, 0.1) is 12.7 Å². The highest BCUT2D eigenvalue weighted by Gasteiger charge is 2.29. The monoisotopic (exact) mass is 311 g/mol. The Morgan fingerprint density at radius 3 is 2.72 bits per heavy atom. The minimum absolute atomic E-state index is 0.0802. The molecule has 98 valence electrons. The fourth-order valence-electron chi connectivity index (χ4n) is 2.22. The summed E-state index contributed by atoms with van der Waals surface area (Å²) in [6, 6.07) is 7.83. The van der Waals surface area contributed by atoms with Crippen LogP contribution in [0.1, 0.15) is 29.6 Å². The number of carbonyl (C=O) groups is 1. The van der Waals surface area contributed by atoms with Crippen molar-refractivity contribution in [2.45, 2.75) is 25.3 Å². The lowest BCUT2D eigenvalue weighted by atomic mass is 9.91. The van der Waals surface area contributed by atoms with E-state index in [0.717, 1.165) is 24.7 Å². The Morgan fingerprint density at radius 2 is 2.17 bits per heavy atom. The molecule has 1 aromatic carbocycles. The van der Waals surface area contributed by atoms with Crippen LogP contribution in [0, 0.1) is 0 Å². The maximum Gasteiger partial charge on any atom is 0.257 e. The molecule has 0 unspecified atom stereocenters. The van der Waals surface area contributed by atoms with Crippen molar-refractivity contribution in [1.29, 1.82) is 0 Å². The van der Waals surface area contributed by atoms with E-state index in [2.05, 4.69) is 15.9 Å². The van der Waals surface area contributed by atoms with Crippen molar-refractivity contribution in [2.24, 2.45) is 0 Å². The number of alkyl halides is 1. The molecule has 0 N–H and O–H groups in total. The van der Waals surface area contributed by atoms with Crippen LogP contribution in [-0.4, -0.2) is 35.8 Å². The Balaban J connectivity index is 2.21. The van der Waals surface area contributed by atoms with Crippen LogP contribution >= 0.6 is 15.9 Å². The minimum atomic E-state index is 0.0802. The van der Waals surface area contributed by atoms with Gasteiger partial charge in [-0.25, -0.2) is 0 Å². The van der Waals surface area contributed by atoms with Gasteiger partial charge in [-0.3, -0.25) is 4.79 Å². The number of rotatable bonds is 5. The second-order valence-corrected chi connectivity index (χ2v) is 5.27. The van der Waals surface area contributed by atoms with Gasteiger partial charge in [0.15, 0.2) is 0 Å². The van der Waals surface area contributed by atoms with Gasteiger partial charge in [-0.2, -0.15) is 0 Å². The summed E-state index contributed by atoms with van der Waals surface area (Å²) in [5, 5.41) is 0.810. The van der Waals surface area contributed by atoms with Gasteiger partial charge in [0.25, 0.3) is 5.91 Å². The zero-order chi connectivity index (χ0) is 13.0. The number of carbonyl (C=O) groups excluding carboxylic acids is 1. The van der Waals surface area contributed by atoms with E-state index in [4.69, 9.17) is 4.74 Å². The summed E-state index contributed by atoms with van der Waals surface area (Å²) in [6.45, 7) is 0.752. The van der Waals surface area contributed by atoms with Gasteiger partial charge in [0.2, 0.25) is 0 Å². The summed E-state index contributed by atoms with van der Waals surface area (Å²) < 4.78 is 5.27. The minimum Gasteiger partial charge on any atom is -0.496 e. The van der Waals surface area contributed by atoms with E-state index in [-0.39, 0.29) is 5.91 Å². The lowest BCUT2D eigenvalue weighted by Gasteiger charge is -2.37. The zero-order valence-corrected chi connectivity index (χ0v) is 12.1. The predicted molar refractivity (Wildman–Crippen MR) is 75.5 cm³/mol. The van der Waals surface area contributed by atoms with Crippen LogP contribution in [0.25, 0.3) is 0 Å². The predicted octanol–water partition coefficient (Wildman–Crippen LogP) is 3.08. The molecule has 1 aliphatic carbocycles. The van der Waals surface area contributed by atoms with E-state index < -0.39 is 0 Å². The first-order valence-corrected chi connectivity index (χ1v) is 7.40. The van der Waals surface area contributed by atoms with E-state index in [1.807, 2.05) is 29.2 Å². The molecule has 0 radical (unpaired) electrons. The largest absolute Gasteiger partial charge is 0.496 e. The van der Waals surface area contributed by atoms with Gasteiger partial charge in [0.1, 0.15) is 5.75 Å². The Morgan fingerprint density at radius 1 is 1.44 bits per heavy atom. The molecule has 1 fully saturated rings. The number of amides is 1. The van der Waals surface area contributed by atoms with Crippen LogP contribution in [-0.2, 0) is 0 Å².